The third-order valence-electron chi connectivity index (χ3n) is 6.40. The molecule has 2 saturated heterocycles. The number of amides is 1. The van der Waals surface area contributed by atoms with Crippen molar-refractivity contribution >= 4 is 21.6 Å². The predicted octanol–water partition coefficient (Wildman–Crippen LogP) is 1.20. The molecule has 4 rings (SSSR count). The topological polar surface area (TPSA) is 91.2 Å². The van der Waals surface area contributed by atoms with E-state index in [2.05, 4.69) is 14.9 Å². The average molecular weight is 491 g/mol. The van der Waals surface area contributed by atoms with Gasteiger partial charge in [0.25, 0.3) is 15.9 Å². The summed E-state index contributed by atoms with van der Waals surface area (Å²) in [5, 5.41) is 4.18. The van der Waals surface area contributed by atoms with Gasteiger partial charge in [0.2, 0.25) is 5.03 Å². The van der Waals surface area contributed by atoms with Crippen molar-refractivity contribution in [3.8, 4) is 5.75 Å². The van der Waals surface area contributed by atoms with Crippen LogP contribution in [0.5, 0.6) is 5.75 Å². The number of carbonyl (C=O) groups is 1. The van der Waals surface area contributed by atoms with E-state index in [-0.39, 0.29) is 16.5 Å². The number of carbonyl (C=O) groups excluding carboxylic acids is 1. The smallest absolute Gasteiger partial charge is 0.263 e. The minimum atomic E-state index is -3.92. The Kier molecular flexibility index (Phi) is 7.44. The second-order valence-electron chi connectivity index (χ2n) is 8.59. The number of para-hydroxylation sites is 2. The first-order chi connectivity index (χ1) is 16.3. The fourth-order valence-corrected chi connectivity index (χ4v) is 5.88. The SMILES string of the molecule is CCOc1ccccc1N1CCN(S(=O)(=O)c2nn(CC)cc2C(=O)N2CCN(C)CC2)CC1. The Balaban J connectivity index is 1.53. The number of piperazine rings is 2. The molecular formula is C23H34N6O4S. The number of nitrogens with zero attached hydrogens (tertiary/aromatic N) is 6. The van der Waals surface area contributed by atoms with Crippen molar-refractivity contribution in [2.75, 3.05) is 70.9 Å². The molecule has 0 unspecified atom stereocenters. The standard InChI is InChI=1S/C23H34N6O4S/c1-4-28-18-19(23(30)27-12-10-25(3)11-13-27)22(24-28)34(31,32)29-16-14-26(15-17-29)20-8-6-7-9-21(20)33-5-2/h6-9,18H,4-5,10-17H2,1-3H3. The molecule has 2 fully saturated rings. The number of sulfonamides is 1. The Morgan fingerprint density at radius 1 is 1.00 bits per heavy atom. The lowest BCUT2D eigenvalue weighted by Crippen LogP contribution is -2.49. The van der Waals surface area contributed by atoms with Gasteiger partial charge in [-0.15, -0.1) is 0 Å². The van der Waals surface area contributed by atoms with E-state index in [1.165, 1.54) is 8.99 Å². The molecule has 1 aromatic heterocycles. The monoisotopic (exact) mass is 490 g/mol. The Labute approximate surface area is 201 Å². The lowest BCUT2D eigenvalue weighted by atomic mass is 10.2. The number of aryl methyl sites for hydroxylation is 1. The van der Waals surface area contributed by atoms with Gasteiger partial charge in [0, 0.05) is 65.1 Å². The molecule has 0 aliphatic carbocycles. The highest BCUT2D eigenvalue weighted by Gasteiger charge is 2.36. The van der Waals surface area contributed by atoms with Crippen molar-refractivity contribution in [1.29, 1.82) is 0 Å². The van der Waals surface area contributed by atoms with Gasteiger partial charge < -0.3 is 19.4 Å². The second-order valence-corrected chi connectivity index (χ2v) is 10.4. The van der Waals surface area contributed by atoms with Crippen LogP contribution >= 0.6 is 0 Å². The number of hydrogen-bond donors (Lipinski definition) is 0. The average Bonchev–Trinajstić information content (AvgIpc) is 3.30. The van der Waals surface area contributed by atoms with Gasteiger partial charge in [0.1, 0.15) is 5.75 Å². The van der Waals surface area contributed by atoms with Crippen LogP contribution in [-0.4, -0.2) is 104 Å². The molecule has 2 aromatic rings. The lowest BCUT2D eigenvalue weighted by molar-refractivity contribution is 0.0660. The predicted molar refractivity (Wildman–Crippen MR) is 130 cm³/mol. The van der Waals surface area contributed by atoms with E-state index in [4.69, 9.17) is 4.74 Å². The zero-order valence-corrected chi connectivity index (χ0v) is 21.0. The molecule has 0 atom stereocenters. The first kappa shape index (κ1) is 24.5. The van der Waals surface area contributed by atoms with Gasteiger partial charge >= 0.3 is 0 Å². The van der Waals surface area contributed by atoms with Crippen LogP contribution < -0.4 is 9.64 Å². The van der Waals surface area contributed by atoms with Crippen LogP contribution in [0.25, 0.3) is 0 Å². The molecule has 3 heterocycles. The normalized spacial score (nSPS) is 18.3. The van der Waals surface area contributed by atoms with E-state index in [1.54, 1.807) is 11.1 Å². The molecule has 0 saturated carbocycles. The summed E-state index contributed by atoms with van der Waals surface area (Å²) in [5.74, 6) is 0.527. The number of likely N-dealkylation sites (N-methyl/N-ethyl adjacent to an activating group) is 1. The van der Waals surface area contributed by atoms with Crippen LogP contribution in [0.2, 0.25) is 0 Å². The summed E-state index contributed by atoms with van der Waals surface area (Å²) in [5.41, 5.74) is 1.12. The summed E-state index contributed by atoms with van der Waals surface area (Å²) in [4.78, 5) is 19.3. The lowest BCUT2D eigenvalue weighted by Gasteiger charge is -2.36. The van der Waals surface area contributed by atoms with E-state index in [9.17, 15) is 13.2 Å². The minimum Gasteiger partial charge on any atom is -0.492 e. The molecule has 2 aliphatic rings. The number of aromatic nitrogens is 2. The van der Waals surface area contributed by atoms with Crippen molar-refractivity contribution in [3.05, 3.63) is 36.0 Å². The highest BCUT2D eigenvalue weighted by Crippen LogP contribution is 2.30. The molecule has 11 heteroatoms. The molecule has 1 aromatic carbocycles. The molecular weight excluding hydrogens is 456 g/mol. The Morgan fingerprint density at radius 3 is 2.32 bits per heavy atom. The Bertz CT molecular complexity index is 1100. The maximum atomic E-state index is 13.6. The first-order valence-corrected chi connectivity index (χ1v) is 13.3. The first-order valence-electron chi connectivity index (χ1n) is 11.9. The fourth-order valence-electron chi connectivity index (χ4n) is 4.37. The van der Waals surface area contributed by atoms with Crippen LogP contribution in [0.4, 0.5) is 5.69 Å². The van der Waals surface area contributed by atoms with Gasteiger partial charge in [0.15, 0.2) is 0 Å². The Morgan fingerprint density at radius 2 is 1.68 bits per heavy atom. The number of ether oxygens (including phenoxy) is 1. The molecule has 0 radical (unpaired) electrons. The summed E-state index contributed by atoms with van der Waals surface area (Å²) in [6.07, 6.45) is 1.57. The van der Waals surface area contributed by atoms with E-state index in [0.717, 1.165) is 24.5 Å². The van der Waals surface area contributed by atoms with Crippen LogP contribution in [0.1, 0.15) is 24.2 Å². The van der Waals surface area contributed by atoms with E-state index < -0.39 is 10.0 Å². The largest absolute Gasteiger partial charge is 0.492 e. The summed E-state index contributed by atoms with van der Waals surface area (Å²) < 4.78 is 36.0. The number of rotatable bonds is 7. The second kappa shape index (κ2) is 10.3. The van der Waals surface area contributed by atoms with Crippen molar-refractivity contribution in [1.82, 2.24) is 23.9 Å². The molecule has 34 heavy (non-hydrogen) atoms. The van der Waals surface area contributed by atoms with Gasteiger partial charge in [0.05, 0.1) is 17.9 Å². The third-order valence-corrected chi connectivity index (χ3v) is 8.24. The zero-order chi connectivity index (χ0) is 24.3. The van der Waals surface area contributed by atoms with Gasteiger partial charge in [-0.05, 0) is 33.0 Å². The van der Waals surface area contributed by atoms with Crippen molar-refractivity contribution < 1.29 is 17.9 Å². The van der Waals surface area contributed by atoms with Crippen molar-refractivity contribution in [3.63, 3.8) is 0 Å². The van der Waals surface area contributed by atoms with E-state index >= 15 is 0 Å². The zero-order valence-electron chi connectivity index (χ0n) is 20.2. The molecule has 0 spiro atoms. The molecule has 186 valence electrons. The Hall–Kier alpha value is -2.63. The molecule has 0 N–H and O–H groups in total. The van der Waals surface area contributed by atoms with Crippen molar-refractivity contribution in [2.45, 2.75) is 25.4 Å². The number of benzene rings is 1. The van der Waals surface area contributed by atoms with Gasteiger partial charge in [-0.1, -0.05) is 12.1 Å². The fraction of sp³-hybridized carbons (Fsp3) is 0.565. The highest BCUT2D eigenvalue weighted by atomic mass is 32.2. The van der Waals surface area contributed by atoms with Crippen LogP contribution in [0, 0.1) is 0 Å². The maximum Gasteiger partial charge on any atom is 0.263 e. The minimum absolute atomic E-state index is 0.138. The molecule has 0 bridgehead atoms. The highest BCUT2D eigenvalue weighted by molar-refractivity contribution is 7.89. The molecule has 2 aliphatic heterocycles. The molecule has 1 amide bonds. The maximum absolute atomic E-state index is 13.6. The summed E-state index contributed by atoms with van der Waals surface area (Å²) >= 11 is 0. The molecule has 10 nitrogen and oxygen atoms in total. The van der Waals surface area contributed by atoms with Gasteiger partial charge in [-0.25, -0.2) is 8.42 Å². The van der Waals surface area contributed by atoms with E-state index in [1.807, 2.05) is 45.2 Å². The van der Waals surface area contributed by atoms with Crippen LogP contribution in [0.15, 0.2) is 35.5 Å². The number of hydrogen-bond acceptors (Lipinski definition) is 7. The third kappa shape index (κ3) is 4.91. The van der Waals surface area contributed by atoms with Gasteiger partial charge in [-0.2, -0.15) is 9.40 Å². The van der Waals surface area contributed by atoms with Crippen LogP contribution in [-0.2, 0) is 16.6 Å². The van der Waals surface area contributed by atoms with Gasteiger partial charge in [-0.3, -0.25) is 9.48 Å². The quantitative estimate of drug-likeness (QED) is 0.576. The van der Waals surface area contributed by atoms with Crippen LogP contribution in [0.3, 0.4) is 0 Å². The summed E-state index contributed by atoms with van der Waals surface area (Å²) in [7, 11) is -1.90. The van der Waals surface area contributed by atoms with E-state index in [0.29, 0.717) is 52.4 Å². The summed E-state index contributed by atoms with van der Waals surface area (Å²) in [6, 6.07) is 7.80. The summed E-state index contributed by atoms with van der Waals surface area (Å²) in [6.45, 7) is 9.22. The van der Waals surface area contributed by atoms with Crippen molar-refractivity contribution in [2.24, 2.45) is 0 Å². The number of anilines is 1.